The van der Waals surface area contributed by atoms with Crippen LogP contribution >= 0.6 is 11.3 Å². The molecule has 4 aromatic rings. The van der Waals surface area contributed by atoms with Crippen molar-refractivity contribution in [2.24, 2.45) is 7.05 Å². The summed E-state index contributed by atoms with van der Waals surface area (Å²) in [4.78, 5) is 29.0. The highest BCUT2D eigenvalue weighted by Gasteiger charge is 2.24. The number of fused-ring (bicyclic) bond motifs is 3. The normalized spacial score (nSPS) is 15.7. The van der Waals surface area contributed by atoms with Gasteiger partial charge in [-0.2, -0.15) is 0 Å². The summed E-state index contributed by atoms with van der Waals surface area (Å²) in [6, 6.07) is 3.62. The number of piperazine rings is 1. The topological polar surface area (TPSA) is 88.9 Å². The van der Waals surface area contributed by atoms with Crippen molar-refractivity contribution in [2.75, 3.05) is 26.2 Å². The van der Waals surface area contributed by atoms with Crippen molar-refractivity contribution in [3.05, 3.63) is 51.8 Å². The van der Waals surface area contributed by atoms with Crippen molar-refractivity contribution in [2.45, 2.75) is 6.54 Å². The number of carbonyl (C=O) groups is 1. The molecule has 10 heteroatoms. The van der Waals surface area contributed by atoms with Gasteiger partial charge in [-0.3, -0.25) is 23.5 Å². The van der Waals surface area contributed by atoms with E-state index in [0.717, 1.165) is 24.4 Å². The third-order valence-electron chi connectivity index (χ3n) is 5.19. The van der Waals surface area contributed by atoms with Gasteiger partial charge in [0.1, 0.15) is 11.0 Å². The molecule has 28 heavy (non-hydrogen) atoms. The molecule has 0 unspecified atom stereocenters. The van der Waals surface area contributed by atoms with E-state index in [9.17, 15) is 9.59 Å². The van der Waals surface area contributed by atoms with Crippen molar-refractivity contribution in [1.29, 1.82) is 0 Å². The number of aryl methyl sites for hydroxylation is 1. The lowest BCUT2D eigenvalue weighted by molar-refractivity contribution is 0.0624. The molecular weight excluding hydrogens is 380 g/mol. The Morgan fingerprint density at radius 1 is 1.21 bits per heavy atom. The van der Waals surface area contributed by atoms with Gasteiger partial charge in [-0.1, -0.05) is 0 Å². The van der Waals surface area contributed by atoms with E-state index in [-0.39, 0.29) is 11.5 Å². The summed E-state index contributed by atoms with van der Waals surface area (Å²) in [7, 11) is 1.72. The Bertz CT molecular complexity index is 1210. The maximum absolute atomic E-state index is 12.4. The SMILES string of the molecule is Cn1c(=O)c2sccc2n2c(CN3CCN(C(=O)c4ccoc4)CC3)nnc12. The summed E-state index contributed by atoms with van der Waals surface area (Å²) in [5.41, 5.74) is 1.37. The number of thiophene rings is 1. The Balaban J connectivity index is 1.37. The molecule has 0 atom stereocenters. The van der Waals surface area contributed by atoms with Gasteiger partial charge in [0.25, 0.3) is 11.5 Å². The van der Waals surface area contributed by atoms with E-state index in [2.05, 4.69) is 15.1 Å². The summed E-state index contributed by atoms with van der Waals surface area (Å²) in [6.45, 7) is 3.40. The number of carbonyl (C=O) groups excluding carboxylic acids is 1. The van der Waals surface area contributed by atoms with Crippen LogP contribution in [0.2, 0.25) is 0 Å². The highest BCUT2D eigenvalue weighted by Crippen LogP contribution is 2.20. The molecule has 0 aliphatic carbocycles. The van der Waals surface area contributed by atoms with Crippen LogP contribution in [0.25, 0.3) is 16.0 Å². The molecule has 0 radical (unpaired) electrons. The van der Waals surface area contributed by atoms with Gasteiger partial charge in [-0.25, -0.2) is 0 Å². The van der Waals surface area contributed by atoms with E-state index in [4.69, 9.17) is 4.42 Å². The first-order valence-corrected chi connectivity index (χ1v) is 9.85. The van der Waals surface area contributed by atoms with Crippen molar-refractivity contribution < 1.29 is 9.21 Å². The van der Waals surface area contributed by atoms with Gasteiger partial charge in [0.05, 0.1) is 23.9 Å². The molecular formula is C18H18N6O3S. The van der Waals surface area contributed by atoms with Gasteiger partial charge >= 0.3 is 0 Å². The number of furan rings is 1. The van der Waals surface area contributed by atoms with Crippen LogP contribution in [0.3, 0.4) is 0 Å². The molecule has 1 saturated heterocycles. The molecule has 1 fully saturated rings. The zero-order chi connectivity index (χ0) is 19.3. The van der Waals surface area contributed by atoms with Crippen LogP contribution in [0.5, 0.6) is 0 Å². The second-order valence-electron chi connectivity index (χ2n) is 6.83. The van der Waals surface area contributed by atoms with E-state index < -0.39 is 0 Å². The number of nitrogens with zero attached hydrogens (tertiary/aromatic N) is 6. The summed E-state index contributed by atoms with van der Waals surface area (Å²) < 4.78 is 9.20. The van der Waals surface area contributed by atoms with Crippen molar-refractivity contribution in [1.82, 2.24) is 29.0 Å². The predicted molar refractivity (Wildman–Crippen MR) is 103 cm³/mol. The number of aromatic nitrogens is 4. The lowest BCUT2D eigenvalue weighted by Gasteiger charge is -2.34. The molecule has 5 rings (SSSR count). The lowest BCUT2D eigenvalue weighted by atomic mass is 10.2. The Hall–Kier alpha value is -2.98. The van der Waals surface area contributed by atoms with Crippen molar-refractivity contribution >= 4 is 33.2 Å². The van der Waals surface area contributed by atoms with Crippen LogP contribution < -0.4 is 5.56 Å². The molecule has 9 nitrogen and oxygen atoms in total. The average Bonchev–Trinajstić information content (AvgIpc) is 3.46. The molecule has 1 aliphatic rings. The Kier molecular flexibility index (Phi) is 4.02. The Morgan fingerprint density at radius 2 is 2.04 bits per heavy atom. The molecule has 0 aromatic carbocycles. The van der Waals surface area contributed by atoms with E-state index in [1.807, 2.05) is 20.7 Å². The minimum absolute atomic E-state index is 0.00342. The van der Waals surface area contributed by atoms with Crippen molar-refractivity contribution in [3.8, 4) is 0 Å². The fraction of sp³-hybridized carbons (Fsp3) is 0.333. The first-order chi connectivity index (χ1) is 13.6. The first-order valence-electron chi connectivity index (χ1n) is 8.97. The van der Waals surface area contributed by atoms with Crippen LogP contribution in [0.15, 0.2) is 39.3 Å². The first kappa shape index (κ1) is 17.1. The highest BCUT2D eigenvalue weighted by atomic mass is 32.1. The van der Waals surface area contributed by atoms with E-state index in [1.165, 1.54) is 28.4 Å². The van der Waals surface area contributed by atoms with Gasteiger partial charge in [-0.15, -0.1) is 21.5 Å². The second-order valence-corrected chi connectivity index (χ2v) is 7.75. The molecule has 1 aliphatic heterocycles. The Labute approximate surface area is 163 Å². The quantitative estimate of drug-likeness (QED) is 0.515. The zero-order valence-electron chi connectivity index (χ0n) is 15.2. The minimum atomic E-state index is -0.0529. The predicted octanol–water partition coefficient (Wildman–Crippen LogP) is 1.19. The van der Waals surface area contributed by atoms with Gasteiger partial charge in [0, 0.05) is 33.2 Å². The Morgan fingerprint density at radius 3 is 2.79 bits per heavy atom. The summed E-state index contributed by atoms with van der Waals surface area (Å²) >= 11 is 1.43. The smallest absolute Gasteiger partial charge is 0.272 e. The van der Waals surface area contributed by atoms with Crippen molar-refractivity contribution in [3.63, 3.8) is 0 Å². The zero-order valence-corrected chi connectivity index (χ0v) is 16.1. The largest absolute Gasteiger partial charge is 0.472 e. The molecule has 4 aromatic heterocycles. The fourth-order valence-electron chi connectivity index (χ4n) is 3.63. The number of hydrogen-bond donors (Lipinski definition) is 0. The number of amides is 1. The standard InChI is InChI=1S/C18H18N6O3S/c1-21-17(26)15-13(3-9-28-15)24-14(19-20-18(21)24)10-22-4-6-23(7-5-22)16(25)12-2-8-27-11-12/h2-3,8-9,11H,4-7,10H2,1H3. The number of rotatable bonds is 3. The van der Waals surface area contributed by atoms with Gasteiger partial charge < -0.3 is 9.32 Å². The molecule has 5 heterocycles. The maximum atomic E-state index is 12.4. The van der Waals surface area contributed by atoms with E-state index in [1.54, 1.807) is 13.1 Å². The van der Waals surface area contributed by atoms with Gasteiger partial charge in [0.15, 0.2) is 5.82 Å². The second kappa shape index (κ2) is 6.57. The van der Waals surface area contributed by atoms with Crippen LogP contribution in [0.1, 0.15) is 16.2 Å². The number of hydrogen-bond acceptors (Lipinski definition) is 7. The van der Waals surface area contributed by atoms with Crippen LogP contribution in [0.4, 0.5) is 0 Å². The van der Waals surface area contributed by atoms with E-state index in [0.29, 0.717) is 35.7 Å². The molecule has 0 bridgehead atoms. The van der Waals surface area contributed by atoms with Gasteiger partial charge in [0.2, 0.25) is 5.78 Å². The van der Waals surface area contributed by atoms with Crippen LogP contribution in [0, 0.1) is 0 Å². The fourth-order valence-corrected chi connectivity index (χ4v) is 4.48. The molecule has 0 saturated carbocycles. The lowest BCUT2D eigenvalue weighted by Crippen LogP contribution is -2.48. The molecule has 0 N–H and O–H groups in total. The van der Waals surface area contributed by atoms with Crippen LogP contribution in [-0.2, 0) is 13.6 Å². The van der Waals surface area contributed by atoms with Crippen LogP contribution in [-0.4, -0.2) is 61.1 Å². The average molecular weight is 398 g/mol. The summed E-state index contributed by atoms with van der Waals surface area (Å²) in [6.07, 6.45) is 2.99. The minimum Gasteiger partial charge on any atom is -0.472 e. The summed E-state index contributed by atoms with van der Waals surface area (Å²) in [5, 5.41) is 10.5. The highest BCUT2D eigenvalue weighted by molar-refractivity contribution is 7.17. The van der Waals surface area contributed by atoms with E-state index >= 15 is 0 Å². The molecule has 1 amide bonds. The third-order valence-corrected chi connectivity index (χ3v) is 6.08. The monoisotopic (exact) mass is 398 g/mol. The van der Waals surface area contributed by atoms with Gasteiger partial charge in [-0.05, 0) is 17.5 Å². The molecule has 144 valence electrons. The molecule has 0 spiro atoms. The third kappa shape index (κ3) is 2.64. The maximum Gasteiger partial charge on any atom is 0.272 e. The summed E-state index contributed by atoms with van der Waals surface area (Å²) in [5.74, 6) is 1.33.